The van der Waals surface area contributed by atoms with Crippen LogP contribution in [0, 0.1) is 18.7 Å². The van der Waals surface area contributed by atoms with E-state index in [1.807, 2.05) is 6.92 Å². The third-order valence-corrected chi connectivity index (χ3v) is 8.04. The summed E-state index contributed by atoms with van der Waals surface area (Å²) in [4.78, 5) is 24.7. The van der Waals surface area contributed by atoms with E-state index in [2.05, 4.69) is 10.6 Å². The highest BCUT2D eigenvalue weighted by Gasteiger charge is 2.35. The molecule has 2 aromatic carbocycles. The first kappa shape index (κ1) is 23.2. The summed E-state index contributed by atoms with van der Waals surface area (Å²) in [6, 6.07) is 8.72. The topological polar surface area (TPSA) is 105 Å². The molecular formula is C23H26FN3O5S. The fraction of sp³-hybridized carbons (Fsp3) is 0.391. The van der Waals surface area contributed by atoms with Crippen LogP contribution in [0.1, 0.15) is 31.7 Å². The van der Waals surface area contributed by atoms with E-state index in [0.717, 1.165) is 0 Å². The van der Waals surface area contributed by atoms with Gasteiger partial charge in [-0.15, -0.1) is 0 Å². The number of halogens is 1. The van der Waals surface area contributed by atoms with E-state index in [4.69, 9.17) is 4.74 Å². The third kappa shape index (κ3) is 4.72. The minimum atomic E-state index is -3.82. The quantitative estimate of drug-likeness (QED) is 0.691. The zero-order chi connectivity index (χ0) is 23.8. The molecule has 0 radical (unpaired) electrons. The Morgan fingerprint density at radius 1 is 1.24 bits per heavy atom. The summed E-state index contributed by atoms with van der Waals surface area (Å²) in [5.74, 6) is -0.984. The molecule has 2 N–H and O–H groups in total. The molecule has 0 spiro atoms. The lowest BCUT2D eigenvalue weighted by Gasteiger charge is -2.32. The van der Waals surface area contributed by atoms with E-state index in [-0.39, 0.29) is 35.7 Å². The van der Waals surface area contributed by atoms with Gasteiger partial charge in [0.05, 0.1) is 10.6 Å². The molecule has 2 amide bonds. The number of ether oxygens (including phenoxy) is 1. The second-order valence-corrected chi connectivity index (χ2v) is 10.2. The largest absolute Gasteiger partial charge is 0.478 e. The average molecular weight is 476 g/mol. The lowest BCUT2D eigenvalue weighted by Crippen LogP contribution is -2.41. The van der Waals surface area contributed by atoms with E-state index in [1.54, 1.807) is 19.1 Å². The summed E-state index contributed by atoms with van der Waals surface area (Å²) >= 11 is 0. The Balaban J connectivity index is 1.46. The molecule has 2 aromatic rings. The van der Waals surface area contributed by atoms with E-state index < -0.39 is 21.9 Å². The Morgan fingerprint density at radius 2 is 1.97 bits per heavy atom. The van der Waals surface area contributed by atoms with Gasteiger partial charge in [-0.1, -0.05) is 13.0 Å². The number of anilines is 2. The second-order valence-electron chi connectivity index (χ2n) is 8.30. The van der Waals surface area contributed by atoms with Gasteiger partial charge in [-0.25, -0.2) is 12.8 Å². The van der Waals surface area contributed by atoms with Crippen molar-refractivity contribution in [3.8, 4) is 5.75 Å². The second kappa shape index (κ2) is 9.11. The van der Waals surface area contributed by atoms with Crippen LogP contribution in [-0.4, -0.2) is 43.7 Å². The van der Waals surface area contributed by atoms with Gasteiger partial charge in [0.25, 0.3) is 5.91 Å². The van der Waals surface area contributed by atoms with Gasteiger partial charge in [-0.2, -0.15) is 4.31 Å². The van der Waals surface area contributed by atoms with Crippen molar-refractivity contribution >= 4 is 33.2 Å². The van der Waals surface area contributed by atoms with Gasteiger partial charge in [-0.3, -0.25) is 9.59 Å². The number of fused-ring (bicyclic) bond motifs is 1. The number of hydrogen-bond acceptors (Lipinski definition) is 5. The van der Waals surface area contributed by atoms with Crippen molar-refractivity contribution in [1.29, 1.82) is 0 Å². The molecule has 0 aliphatic carbocycles. The Hall–Kier alpha value is -2.98. The molecule has 1 atom stereocenters. The fourth-order valence-corrected chi connectivity index (χ4v) is 5.83. The van der Waals surface area contributed by atoms with Crippen molar-refractivity contribution in [2.24, 2.45) is 5.92 Å². The maximum atomic E-state index is 13.4. The van der Waals surface area contributed by atoms with Crippen LogP contribution in [0.5, 0.6) is 5.75 Å². The standard InChI is InChI=1S/C23H26FN3O5S/c1-3-19-23(29)26-18-11-14(2)21(13-20(18)32-19)33(30,31)27-9-7-15(8-10-27)22(28)25-17-6-4-5-16(24)12-17/h4-6,11-13,15,19H,3,7-10H2,1-2H3,(H,25,28)(H,26,29). The van der Waals surface area contributed by atoms with Gasteiger partial charge >= 0.3 is 0 Å². The van der Waals surface area contributed by atoms with Crippen molar-refractivity contribution in [3.63, 3.8) is 0 Å². The number of nitrogens with one attached hydrogen (secondary N) is 2. The highest BCUT2D eigenvalue weighted by molar-refractivity contribution is 7.89. The molecule has 1 fully saturated rings. The van der Waals surface area contributed by atoms with Gasteiger partial charge in [0, 0.05) is 30.8 Å². The van der Waals surface area contributed by atoms with E-state index in [9.17, 15) is 22.4 Å². The van der Waals surface area contributed by atoms with Crippen molar-refractivity contribution in [1.82, 2.24) is 4.31 Å². The zero-order valence-corrected chi connectivity index (χ0v) is 19.2. The van der Waals surface area contributed by atoms with Crippen molar-refractivity contribution in [3.05, 3.63) is 47.8 Å². The van der Waals surface area contributed by atoms with Gasteiger partial charge in [-0.05, 0) is 56.0 Å². The SMILES string of the molecule is CCC1Oc2cc(S(=O)(=O)N3CCC(C(=O)Nc4cccc(F)c4)CC3)c(C)cc2NC1=O. The first-order valence-corrected chi connectivity index (χ1v) is 12.3. The minimum Gasteiger partial charge on any atom is -0.478 e. The number of piperidine rings is 1. The van der Waals surface area contributed by atoms with Crippen LogP contribution in [0.3, 0.4) is 0 Å². The van der Waals surface area contributed by atoms with Crippen LogP contribution >= 0.6 is 0 Å². The summed E-state index contributed by atoms with van der Waals surface area (Å²) < 4.78 is 47.1. The van der Waals surface area contributed by atoms with Gasteiger partial charge in [0.1, 0.15) is 11.6 Å². The Bertz CT molecular complexity index is 1190. The Morgan fingerprint density at radius 3 is 2.64 bits per heavy atom. The predicted molar refractivity (Wildman–Crippen MR) is 121 cm³/mol. The van der Waals surface area contributed by atoms with Crippen molar-refractivity contribution in [2.75, 3.05) is 23.7 Å². The lowest BCUT2D eigenvalue weighted by molar-refractivity contribution is -0.123. The number of hydrogen-bond donors (Lipinski definition) is 2. The number of benzene rings is 2. The summed E-state index contributed by atoms with van der Waals surface area (Å²) in [6.45, 7) is 3.87. The fourth-order valence-electron chi connectivity index (χ4n) is 4.14. The summed E-state index contributed by atoms with van der Waals surface area (Å²) in [5, 5.41) is 5.46. The first-order valence-electron chi connectivity index (χ1n) is 10.9. The number of amides is 2. The number of nitrogens with zero attached hydrogens (tertiary/aromatic N) is 1. The molecule has 0 aromatic heterocycles. The number of carbonyl (C=O) groups is 2. The lowest BCUT2D eigenvalue weighted by atomic mass is 9.97. The number of sulfonamides is 1. The normalized spacial score (nSPS) is 19.4. The molecule has 2 aliphatic rings. The highest BCUT2D eigenvalue weighted by atomic mass is 32.2. The minimum absolute atomic E-state index is 0.120. The summed E-state index contributed by atoms with van der Waals surface area (Å²) in [6.07, 6.45) is 0.513. The smallest absolute Gasteiger partial charge is 0.265 e. The maximum Gasteiger partial charge on any atom is 0.265 e. The number of carbonyl (C=O) groups excluding carboxylic acids is 2. The molecule has 4 rings (SSSR count). The molecule has 0 bridgehead atoms. The van der Waals surface area contributed by atoms with Crippen LogP contribution in [0.2, 0.25) is 0 Å². The van der Waals surface area contributed by atoms with Gasteiger partial charge in [0.2, 0.25) is 15.9 Å². The Labute approximate surface area is 192 Å². The molecule has 2 aliphatic heterocycles. The molecule has 33 heavy (non-hydrogen) atoms. The molecule has 0 saturated carbocycles. The molecule has 1 unspecified atom stereocenters. The van der Waals surface area contributed by atoms with Crippen LogP contribution in [-0.2, 0) is 19.6 Å². The predicted octanol–water partition coefficient (Wildman–Crippen LogP) is 3.28. The van der Waals surface area contributed by atoms with Crippen molar-refractivity contribution in [2.45, 2.75) is 44.1 Å². The zero-order valence-electron chi connectivity index (χ0n) is 18.4. The summed E-state index contributed by atoms with van der Waals surface area (Å²) in [7, 11) is -3.82. The van der Waals surface area contributed by atoms with E-state index in [0.29, 0.717) is 42.0 Å². The molecule has 176 valence electrons. The van der Waals surface area contributed by atoms with Crippen LogP contribution in [0.4, 0.5) is 15.8 Å². The van der Waals surface area contributed by atoms with Crippen LogP contribution < -0.4 is 15.4 Å². The molecule has 2 heterocycles. The average Bonchev–Trinajstić information content (AvgIpc) is 2.78. The van der Waals surface area contributed by atoms with Gasteiger partial charge in [0.15, 0.2) is 6.10 Å². The van der Waals surface area contributed by atoms with Crippen LogP contribution in [0.25, 0.3) is 0 Å². The molecule has 1 saturated heterocycles. The summed E-state index contributed by atoms with van der Waals surface area (Å²) in [5.41, 5.74) is 1.32. The van der Waals surface area contributed by atoms with Crippen molar-refractivity contribution < 1.29 is 27.1 Å². The number of aryl methyl sites for hydroxylation is 1. The van der Waals surface area contributed by atoms with E-state index in [1.165, 1.54) is 28.6 Å². The molecular weight excluding hydrogens is 449 g/mol. The first-order chi connectivity index (χ1) is 15.7. The Kier molecular flexibility index (Phi) is 6.40. The molecule has 8 nitrogen and oxygen atoms in total. The maximum absolute atomic E-state index is 13.4. The highest BCUT2D eigenvalue weighted by Crippen LogP contribution is 2.36. The molecule has 10 heteroatoms. The number of rotatable bonds is 5. The monoisotopic (exact) mass is 475 g/mol. The van der Waals surface area contributed by atoms with E-state index >= 15 is 0 Å². The van der Waals surface area contributed by atoms with Crippen LogP contribution in [0.15, 0.2) is 41.3 Å². The third-order valence-electron chi connectivity index (χ3n) is 6.00. The van der Waals surface area contributed by atoms with Gasteiger partial charge < -0.3 is 15.4 Å².